The Hall–Kier alpha value is -3.63. The molecule has 29 heavy (non-hydrogen) atoms. The van der Waals surface area contributed by atoms with Gasteiger partial charge in [-0.3, -0.25) is 4.79 Å². The van der Waals surface area contributed by atoms with Crippen LogP contribution in [0.4, 0.5) is 0 Å². The molecule has 0 unspecified atom stereocenters. The number of benzene rings is 4. The Bertz CT molecular complexity index is 1300. The van der Waals surface area contributed by atoms with Crippen molar-refractivity contribution in [1.29, 1.82) is 0 Å². The Balaban J connectivity index is 2.08. The van der Waals surface area contributed by atoms with E-state index < -0.39 is 0 Å². The SMILES string of the molecule is CC(=O)c1c(-c2ccccc2C)cc2ccccc2c1C#Cc1ccccc1C. The second-order valence-corrected chi connectivity index (χ2v) is 7.33. The lowest BCUT2D eigenvalue weighted by Gasteiger charge is -2.15. The minimum absolute atomic E-state index is 0.0306. The van der Waals surface area contributed by atoms with Crippen molar-refractivity contribution < 1.29 is 4.79 Å². The minimum atomic E-state index is 0.0306. The van der Waals surface area contributed by atoms with Crippen molar-refractivity contribution in [2.75, 3.05) is 0 Å². The number of carbonyl (C=O) groups excluding carboxylic acids is 1. The van der Waals surface area contributed by atoms with Crippen LogP contribution in [0.25, 0.3) is 21.9 Å². The molecular weight excluding hydrogens is 352 g/mol. The standard InChI is InChI=1S/C28H22O/c1-19-10-4-6-12-22(19)16-17-26-25-15-9-7-13-23(25)18-27(28(26)21(3)29)24-14-8-5-11-20(24)2/h4-15,18H,1-3H3. The van der Waals surface area contributed by atoms with Gasteiger partial charge in [-0.15, -0.1) is 0 Å². The highest BCUT2D eigenvalue weighted by atomic mass is 16.1. The highest BCUT2D eigenvalue weighted by Crippen LogP contribution is 2.34. The summed E-state index contributed by atoms with van der Waals surface area (Å²) < 4.78 is 0. The molecule has 1 nitrogen and oxygen atoms in total. The van der Waals surface area contributed by atoms with Crippen LogP contribution < -0.4 is 0 Å². The number of aryl methyl sites for hydroxylation is 2. The fourth-order valence-electron chi connectivity index (χ4n) is 3.77. The average Bonchev–Trinajstić information content (AvgIpc) is 2.72. The van der Waals surface area contributed by atoms with Crippen molar-refractivity contribution in [1.82, 2.24) is 0 Å². The third-order valence-corrected chi connectivity index (χ3v) is 5.30. The molecule has 0 atom stereocenters. The highest BCUT2D eigenvalue weighted by Gasteiger charge is 2.18. The Labute approximate surface area is 172 Å². The van der Waals surface area contributed by atoms with Gasteiger partial charge in [0.05, 0.1) is 0 Å². The first-order chi connectivity index (χ1) is 14.1. The van der Waals surface area contributed by atoms with E-state index in [4.69, 9.17) is 0 Å². The molecule has 4 rings (SSSR count). The number of hydrogen-bond donors (Lipinski definition) is 0. The van der Waals surface area contributed by atoms with Crippen LogP contribution in [-0.2, 0) is 0 Å². The van der Waals surface area contributed by atoms with Crippen molar-refractivity contribution in [3.8, 4) is 23.0 Å². The van der Waals surface area contributed by atoms with E-state index in [-0.39, 0.29) is 5.78 Å². The summed E-state index contributed by atoms with van der Waals surface area (Å²) in [6, 6.07) is 26.5. The smallest absolute Gasteiger partial charge is 0.161 e. The summed E-state index contributed by atoms with van der Waals surface area (Å²) >= 11 is 0. The van der Waals surface area contributed by atoms with Gasteiger partial charge in [0.15, 0.2) is 5.78 Å². The largest absolute Gasteiger partial charge is 0.294 e. The molecule has 0 amide bonds. The molecule has 0 N–H and O–H groups in total. The molecule has 0 aliphatic rings. The van der Waals surface area contributed by atoms with Crippen LogP contribution in [-0.4, -0.2) is 5.78 Å². The minimum Gasteiger partial charge on any atom is -0.294 e. The first-order valence-corrected chi connectivity index (χ1v) is 9.76. The number of carbonyl (C=O) groups is 1. The molecule has 4 aromatic carbocycles. The number of fused-ring (bicyclic) bond motifs is 1. The van der Waals surface area contributed by atoms with Crippen molar-refractivity contribution in [2.45, 2.75) is 20.8 Å². The van der Waals surface area contributed by atoms with Crippen LogP contribution in [0.15, 0.2) is 78.9 Å². The van der Waals surface area contributed by atoms with Gasteiger partial charge in [0.2, 0.25) is 0 Å². The monoisotopic (exact) mass is 374 g/mol. The Morgan fingerprint density at radius 1 is 0.724 bits per heavy atom. The molecule has 140 valence electrons. The summed E-state index contributed by atoms with van der Waals surface area (Å²) in [4.78, 5) is 12.8. The quantitative estimate of drug-likeness (QED) is 0.281. The number of ketones is 1. The fraction of sp³-hybridized carbons (Fsp3) is 0.107. The molecule has 0 aromatic heterocycles. The van der Waals surface area contributed by atoms with Crippen molar-refractivity contribution in [2.24, 2.45) is 0 Å². The second kappa shape index (κ2) is 7.78. The Morgan fingerprint density at radius 2 is 1.38 bits per heavy atom. The van der Waals surface area contributed by atoms with Crippen LogP contribution in [0.2, 0.25) is 0 Å². The zero-order chi connectivity index (χ0) is 20.4. The van der Waals surface area contributed by atoms with Crippen LogP contribution in [0.3, 0.4) is 0 Å². The first kappa shape index (κ1) is 18.7. The van der Waals surface area contributed by atoms with Gasteiger partial charge in [-0.2, -0.15) is 0 Å². The lowest BCUT2D eigenvalue weighted by Crippen LogP contribution is -2.03. The Morgan fingerprint density at radius 3 is 2.10 bits per heavy atom. The molecule has 0 radical (unpaired) electrons. The number of hydrogen-bond acceptors (Lipinski definition) is 1. The van der Waals surface area contributed by atoms with E-state index >= 15 is 0 Å². The maximum atomic E-state index is 12.8. The van der Waals surface area contributed by atoms with E-state index in [1.165, 1.54) is 0 Å². The summed E-state index contributed by atoms with van der Waals surface area (Å²) in [6.45, 7) is 5.76. The molecular formula is C28H22O. The summed E-state index contributed by atoms with van der Waals surface area (Å²) in [6.07, 6.45) is 0. The van der Waals surface area contributed by atoms with E-state index in [9.17, 15) is 4.79 Å². The van der Waals surface area contributed by atoms with Gasteiger partial charge in [0.25, 0.3) is 0 Å². The van der Waals surface area contributed by atoms with E-state index in [1.807, 2.05) is 48.5 Å². The van der Waals surface area contributed by atoms with Gasteiger partial charge in [-0.05, 0) is 65.9 Å². The summed E-state index contributed by atoms with van der Waals surface area (Å²) in [5.74, 6) is 6.69. The first-order valence-electron chi connectivity index (χ1n) is 9.76. The molecule has 0 aliphatic heterocycles. The van der Waals surface area contributed by atoms with Gasteiger partial charge in [-0.25, -0.2) is 0 Å². The van der Waals surface area contributed by atoms with Gasteiger partial charge in [0, 0.05) is 16.7 Å². The number of rotatable bonds is 2. The molecule has 1 heteroatoms. The summed E-state index contributed by atoms with van der Waals surface area (Å²) in [7, 11) is 0. The highest BCUT2D eigenvalue weighted by molar-refractivity contribution is 6.09. The lowest BCUT2D eigenvalue weighted by atomic mass is 9.87. The van der Waals surface area contributed by atoms with Crippen LogP contribution in [0.1, 0.15) is 39.5 Å². The van der Waals surface area contributed by atoms with E-state index in [0.29, 0.717) is 5.56 Å². The van der Waals surface area contributed by atoms with Gasteiger partial charge >= 0.3 is 0 Å². The van der Waals surface area contributed by atoms with Crippen LogP contribution in [0, 0.1) is 25.7 Å². The average molecular weight is 374 g/mol. The second-order valence-electron chi connectivity index (χ2n) is 7.33. The molecule has 0 heterocycles. The summed E-state index contributed by atoms with van der Waals surface area (Å²) in [5.41, 5.74) is 6.76. The predicted octanol–water partition coefficient (Wildman–Crippen LogP) is 6.73. The van der Waals surface area contributed by atoms with Crippen molar-refractivity contribution in [3.05, 3.63) is 107 Å². The topological polar surface area (TPSA) is 17.1 Å². The van der Waals surface area contributed by atoms with Crippen LogP contribution in [0.5, 0.6) is 0 Å². The molecule has 0 fully saturated rings. The van der Waals surface area contributed by atoms with Crippen molar-refractivity contribution in [3.63, 3.8) is 0 Å². The zero-order valence-electron chi connectivity index (χ0n) is 16.9. The number of Topliss-reactive ketones (excluding diaryl/α,β-unsaturated/α-hetero) is 1. The van der Waals surface area contributed by atoms with Crippen molar-refractivity contribution >= 4 is 16.6 Å². The van der Waals surface area contributed by atoms with E-state index in [0.717, 1.165) is 44.2 Å². The molecule has 0 saturated carbocycles. The summed E-state index contributed by atoms with van der Waals surface area (Å²) in [5, 5.41) is 2.10. The fourth-order valence-corrected chi connectivity index (χ4v) is 3.77. The molecule has 0 saturated heterocycles. The lowest BCUT2D eigenvalue weighted by molar-refractivity contribution is 0.101. The van der Waals surface area contributed by atoms with Gasteiger partial charge in [-0.1, -0.05) is 78.6 Å². The third kappa shape index (κ3) is 3.58. The molecule has 4 aromatic rings. The van der Waals surface area contributed by atoms with Gasteiger partial charge < -0.3 is 0 Å². The molecule has 0 aliphatic carbocycles. The van der Waals surface area contributed by atoms with E-state index in [1.54, 1.807) is 6.92 Å². The maximum Gasteiger partial charge on any atom is 0.161 e. The predicted molar refractivity (Wildman–Crippen MR) is 121 cm³/mol. The van der Waals surface area contributed by atoms with Gasteiger partial charge in [0.1, 0.15) is 0 Å². The third-order valence-electron chi connectivity index (χ3n) is 5.30. The maximum absolute atomic E-state index is 12.8. The normalized spacial score (nSPS) is 10.4. The van der Waals surface area contributed by atoms with E-state index in [2.05, 4.69) is 56.0 Å². The Kier molecular flexibility index (Phi) is 5.02. The molecule has 0 spiro atoms. The molecule has 0 bridgehead atoms. The van der Waals surface area contributed by atoms with Crippen LogP contribution >= 0.6 is 0 Å². The zero-order valence-corrected chi connectivity index (χ0v) is 16.9.